The number of carbonyl (C=O) groups is 2. The van der Waals surface area contributed by atoms with Crippen LogP contribution in [0.1, 0.15) is 39.6 Å². The van der Waals surface area contributed by atoms with Crippen molar-refractivity contribution in [2.24, 2.45) is 0 Å². The van der Waals surface area contributed by atoms with Gasteiger partial charge in [0.15, 0.2) is 0 Å². The second kappa shape index (κ2) is 7.87. The van der Waals surface area contributed by atoms with E-state index >= 15 is 0 Å². The van der Waals surface area contributed by atoms with Gasteiger partial charge in [-0.1, -0.05) is 42.5 Å². The molecular weight excluding hydrogens is 362 g/mol. The monoisotopic (exact) mass is 385 g/mol. The number of rotatable bonds is 5. The van der Waals surface area contributed by atoms with E-state index in [2.05, 4.69) is 4.98 Å². The van der Waals surface area contributed by atoms with Crippen molar-refractivity contribution < 1.29 is 9.59 Å². The Balaban J connectivity index is 1.62. The van der Waals surface area contributed by atoms with Crippen LogP contribution in [0, 0.1) is 6.92 Å². The lowest BCUT2D eigenvalue weighted by molar-refractivity contribution is -0.130. The fourth-order valence-corrected chi connectivity index (χ4v) is 3.79. The number of aromatic nitrogens is 1. The Morgan fingerprint density at radius 3 is 2.62 bits per heavy atom. The molecule has 0 spiro atoms. The third-order valence-corrected chi connectivity index (χ3v) is 5.25. The summed E-state index contributed by atoms with van der Waals surface area (Å²) in [5, 5.41) is 0. The van der Waals surface area contributed by atoms with Gasteiger partial charge in [-0.25, -0.2) is 0 Å². The summed E-state index contributed by atoms with van der Waals surface area (Å²) in [6, 6.07) is 20.8. The predicted molar refractivity (Wildman–Crippen MR) is 112 cm³/mol. The number of benzene rings is 2. The van der Waals surface area contributed by atoms with Crippen molar-refractivity contribution in [3.05, 3.63) is 95.3 Å². The molecule has 1 atom stereocenters. The number of amides is 2. The summed E-state index contributed by atoms with van der Waals surface area (Å²) in [6.45, 7) is 2.52. The molecule has 0 unspecified atom stereocenters. The van der Waals surface area contributed by atoms with E-state index in [-0.39, 0.29) is 18.2 Å². The quantitative estimate of drug-likeness (QED) is 0.663. The number of anilines is 1. The highest BCUT2D eigenvalue weighted by Gasteiger charge is 2.40. The van der Waals surface area contributed by atoms with E-state index < -0.39 is 6.04 Å². The molecule has 3 aromatic rings. The minimum Gasteiger partial charge on any atom is -0.341 e. The van der Waals surface area contributed by atoms with Gasteiger partial charge in [0.05, 0.1) is 23.7 Å². The lowest BCUT2D eigenvalue weighted by Crippen LogP contribution is -2.34. The number of nitrogens with zero attached hydrogens (tertiary/aromatic N) is 3. The first-order valence-electron chi connectivity index (χ1n) is 9.67. The maximum absolute atomic E-state index is 13.1. The molecule has 2 aromatic carbocycles. The van der Waals surface area contributed by atoms with Crippen molar-refractivity contribution in [3.8, 4) is 0 Å². The lowest BCUT2D eigenvalue weighted by atomic mass is 10.1. The van der Waals surface area contributed by atoms with Crippen molar-refractivity contribution in [2.45, 2.75) is 25.9 Å². The molecular formula is C24H23N3O2. The van der Waals surface area contributed by atoms with Crippen LogP contribution < -0.4 is 4.90 Å². The van der Waals surface area contributed by atoms with Crippen LogP contribution in [0.4, 0.5) is 5.69 Å². The van der Waals surface area contributed by atoms with Crippen molar-refractivity contribution in [1.29, 1.82) is 0 Å². The molecule has 0 fully saturated rings. The maximum atomic E-state index is 13.1. The van der Waals surface area contributed by atoms with Crippen molar-refractivity contribution >= 4 is 17.5 Å². The van der Waals surface area contributed by atoms with Gasteiger partial charge >= 0.3 is 0 Å². The maximum Gasteiger partial charge on any atom is 0.260 e. The van der Waals surface area contributed by atoms with E-state index in [9.17, 15) is 9.59 Å². The fourth-order valence-electron chi connectivity index (χ4n) is 3.79. The predicted octanol–water partition coefficient (Wildman–Crippen LogP) is 4.14. The highest BCUT2D eigenvalue weighted by Crippen LogP contribution is 2.38. The van der Waals surface area contributed by atoms with Crippen LogP contribution in [0.15, 0.2) is 72.9 Å². The molecule has 2 amide bonds. The van der Waals surface area contributed by atoms with Gasteiger partial charge in [-0.3, -0.25) is 19.5 Å². The molecule has 2 heterocycles. The SMILES string of the molecule is Cc1cccc(N2C(=O)c3cccnc3[C@H]2CC(=O)N(C)Cc2ccccc2)c1. The van der Waals surface area contributed by atoms with Crippen molar-refractivity contribution in [1.82, 2.24) is 9.88 Å². The molecule has 1 aliphatic heterocycles. The number of fused-ring (bicyclic) bond motifs is 1. The third-order valence-electron chi connectivity index (χ3n) is 5.25. The molecule has 0 saturated carbocycles. The van der Waals surface area contributed by atoms with Gasteiger partial charge in [-0.2, -0.15) is 0 Å². The van der Waals surface area contributed by atoms with E-state index in [4.69, 9.17) is 0 Å². The standard InChI is InChI=1S/C24H23N3O2/c1-17-8-6-11-19(14-17)27-21(23-20(24(27)29)12-7-13-25-23)15-22(28)26(2)16-18-9-4-3-5-10-18/h3-14,21H,15-16H2,1-2H3/t21-/m1/s1. The first kappa shape index (κ1) is 18.9. The highest BCUT2D eigenvalue weighted by atomic mass is 16.2. The summed E-state index contributed by atoms with van der Waals surface area (Å²) in [4.78, 5) is 34.0. The normalized spacial score (nSPS) is 15.3. The molecule has 0 radical (unpaired) electrons. The summed E-state index contributed by atoms with van der Waals surface area (Å²) in [6.07, 6.45) is 1.87. The minimum atomic E-state index is -0.411. The Bertz CT molecular complexity index is 1050. The van der Waals surface area contributed by atoms with Crippen LogP contribution >= 0.6 is 0 Å². The molecule has 0 saturated heterocycles. The zero-order chi connectivity index (χ0) is 20.4. The second-order valence-electron chi connectivity index (χ2n) is 7.41. The zero-order valence-electron chi connectivity index (χ0n) is 16.6. The number of hydrogen-bond donors (Lipinski definition) is 0. The van der Waals surface area contributed by atoms with Crippen molar-refractivity contribution in [2.75, 3.05) is 11.9 Å². The minimum absolute atomic E-state index is 0.0252. The van der Waals surface area contributed by atoms with E-state index in [0.29, 0.717) is 17.8 Å². The topological polar surface area (TPSA) is 53.5 Å². The average Bonchev–Trinajstić information content (AvgIpc) is 3.00. The molecule has 4 rings (SSSR count). The zero-order valence-corrected chi connectivity index (χ0v) is 16.6. The second-order valence-corrected chi connectivity index (χ2v) is 7.41. The van der Waals surface area contributed by atoms with Crippen LogP contribution in [0.2, 0.25) is 0 Å². The number of aryl methyl sites for hydroxylation is 1. The molecule has 146 valence electrons. The van der Waals surface area contributed by atoms with Gasteiger partial charge in [0.25, 0.3) is 5.91 Å². The molecule has 0 bridgehead atoms. The van der Waals surface area contributed by atoms with E-state index in [1.165, 1.54) is 0 Å². The van der Waals surface area contributed by atoms with Crippen LogP contribution in [0.25, 0.3) is 0 Å². The molecule has 0 aliphatic carbocycles. The van der Waals surface area contributed by atoms with Crippen LogP contribution in [0.5, 0.6) is 0 Å². The van der Waals surface area contributed by atoms with Gasteiger partial charge in [0.2, 0.25) is 5.91 Å². The van der Waals surface area contributed by atoms with Gasteiger partial charge in [-0.15, -0.1) is 0 Å². The summed E-state index contributed by atoms with van der Waals surface area (Å²) in [5.74, 6) is -0.134. The summed E-state index contributed by atoms with van der Waals surface area (Å²) < 4.78 is 0. The van der Waals surface area contributed by atoms with Gasteiger partial charge in [0.1, 0.15) is 0 Å². The highest BCUT2D eigenvalue weighted by molar-refractivity contribution is 6.11. The average molecular weight is 385 g/mol. The molecule has 29 heavy (non-hydrogen) atoms. The van der Waals surface area contributed by atoms with Gasteiger partial charge < -0.3 is 4.90 Å². The van der Waals surface area contributed by atoms with Gasteiger partial charge in [-0.05, 0) is 42.3 Å². The first-order valence-corrected chi connectivity index (χ1v) is 9.67. The summed E-state index contributed by atoms with van der Waals surface area (Å²) in [7, 11) is 1.79. The summed E-state index contributed by atoms with van der Waals surface area (Å²) in [5.41, 5.74) is 4.15. The van der Waals surface area contributed by atoms with Crippen molar-refractivity contribution in [3.63, 3.8) is 0 Å². The van der Waals surface area contributed by atoms with Gasteiger partial charge in [0, 0.05) is 25.5 Å². The van der Waals surface area contributed by atoms with Crippen LogP contribution in [0.3, 0.4) is 0 Å². The van der Waals surface area contributed by atoms with E-state index in [1.54, 1.807) is 35.2 Å². The summed E-state index contributed by atoms with van der Waals surface area (Å²) >= 11 is 0. The Morgan fingerprint density at radius 1 is 1.07 bits per heavy atom. The Kier molecular flexibility index (Phi) is 5.12. The largest absolute Gasteiger partial charge is 0.341 e. The molecule has 5 nitrogen and oxygen atoms in total. The molecule has 1 aliphatic rings. The van der Waals surface area contributed by atoms with Crippen LogP contribution in [-0.4, -0.2) is 28.7 Å². The van der Waals surface area contributed by atoms with E-state index in [1.807, 2.05) is 61.5 Å². The number of carbonyl (C=O) groups excluding carboxylic acids is 2. The smallest absolute Gasteiger partial charge is 0.260 e. The van der Waals surface area contributed by atoms with E-state index in [0.717, 1.165) is 16.8 Å². The number of hydrogen-bond acceptors (Lipinski definition) is 3. The lowest BCUT2D eigenvalue weighted by Gasteiger charge is -2.27. The molecule has 5 heteroatoms. The molecule has 0 N–H and O–H groups in total. The Morgan fingerprint density at radius 2 is 1.86 bits per heavy atom. The molecule has 1 aromatic heterocycles. The number of pyridine rings is 1. The van der Waals surface area contributed by atoms with Crippen LogP contribution in [-0.2, 0) is 11.3 Å². The Hall–Kier alpha value is -3.47. The first-order chi connectivity index (χ1) is 14.0. The Labute approximate surface area is 170 Å². The third kappa shape index (κ3) is 3.76. The fraction of sp³-hybridized carbons (Fsp3) is 0.208.